The van der Waals surface area contributed by atoms with Crippen LogP contribution in [0, 0.1) is 5.92 Å². The summed E-state index contributed by atoms with van der Waals surface area (Å²) in [6.45, 7) is 3.78. The van der Waals surface area contributed by atoms with E-state index in [1.54, 1.807) is 11.3 Å². The first-order chi connectivity index (χ1) is 8.69. The number of carbonyl (C=O) groups excluding carboxylic acids is 1. The van der Waals surface area contributed by atoms with Gasteiger partial charge >= 0.3 is 0 Å². The van der Waals surface area contributed by atoms with Crippen molar-refractivity contribution in [2.45, 2.75) is 39.0 Å². The van der Waals surface area contributed by atoms with Gasteiger partial charge in [0.2, 0.25) is 0 Å². The lowest BCUT2D eigenvalue weighted by Crippen LogP contribution is -2.29. The fourth-order valence-corrected chi connectivity index (χ4v) is 3.62. The van der Waals surface area contributed by atoms with Gasteiger partial charge in [-0.2, -0.15) is 0 Å². The molecule has 1 aromatic heterocycles. The van der Waals surface area contributed by atoms with Crippen molar-refractivity contribution >= 4 is 17.1 Å². The Morgan fingerprint density at radius 2 is 2.11 bits per heavy atom. The van der Waals surface area contributed by atoms with Crippen LogP contribution in [0.15, 0.2) is 12.1 Å². The zero-order valence-electron chi connectivity index (χ0n) is 11.4. The minimum atomic E-state index is 0.278. The Morgan fingerprint density at radius 3 is 2.72 bits per heavy atom. The molecule has 2 rings (SSSR count). The van der Waals surface area contributed by atoms with Crippen molar-refractivity contribution in [2.75, 3.05) is 20.1 Å². The highest BCUT2D eigenvalue weighted by molar-refractivity contribution is 7.14. The standard InChI is InChI=1S/C15H23NOS/c1-3-13-8-9-15(18-13)14(17)11-16(2)10-12-6-4-5-7-12/h8-9,12H,3-7,10-11H2,1-2H3. The van der Waals surface area contributed by atoms with Crippen molar-refractivity contribution in [3.8, 4) is 0 Å². The third-order valence-electron chi connectivity index (χ3n) is 3.74. The molecule has 0 unspecified atom stereocenters. The predicted octanol–water partition coefficient (Wildman–Crippen LogP) is 3.62. The Morgan fingerprint density at radius 1 is 1.39 bits per heavy atom. The Balaban J connectivity index is 1.82. The van der Waals surface area contributed by atoms with Gasteiger partial charge in [0.15, 0.2) is 5.78 Å². The highest BCUT2D eigenvalue weighted by Crippen LogP contribution is 2.25. The van der Waals surface area contributed by atoms with Crippen LogP contribution < -0.4 is 0 Å². The van der Waals surface area contributed by atoms with Crippen molar-refractivity contribution in [1.82, 2.24) is 4.90 Å². The molecule has 1 aliphatic rings. The fraction of sp³-hybridized carbons (Fsp3) is 0.667. The van der Waals surface area contributed by atoms with E-state index in [9.17, 15) is 4.79 Å². The van der Waals surface area contributed by atoms with Crippen LogP contribution >= 0.6 is 11.3 Å². The van der Waals surface area contributed by atoms with Gasteiger partial charge in [0, 0.05) is 11.4 Å². The topological polar surface area (TPSA) is 20.3 Å². The van der Waals surface area contributed by atoms with E-state index in [1.165, 1.54) is 30.6 Å². The van der Waals surface area contributed by atoms with Crippen molar-refractivity contribution in [3.63, 3.8) is 0 Å². The van der Waals surface area contributed by atoms with Crippen LogP contribution in [0.3, 0.4) is 0 Å². The maximum Gasteiger partial charge on any atom is 0.186 e. The lowest BCUT2D eigenvalue weighted by molar-refractivity contribution is 0.0942. The number of rotatable bonds is 6. The van der Waals surface area contributed by atoms with Gasteiger partial charge in [-0.15, -0.1) is 11.3 Å². The van der Waals surface area contributed by atoms with E-state index in [-0.39, 0.29) is 5.78 Å². The second kappa shape index (κ2) is 6.48. The van der Waals surface area contributed by atoms with Gasteiger partial charge in [0.1, 0.15) is 0 Å². The molecule has 0 amide bonds. The minimum absolute atomic E-state index is 0.278. The largest absolute Gasteiger partial charge is 0.299 e. The van der Waals surface area contributed by atoms with Crippen LogP contribution in [0.2, 0.25) is 0 Å². The first kappa shape index (κ1) is 13.8. The molecular formula is C15H23NOS. The zero-order valence-corrected chi connectivity index (χ0v) is 12.3. The summed E-state index contributed by atoms with van der Waals surface area (Å²) in [6.07, 6.45) is 6.46. The Hall–Kier alpha value is -0.670. The van der Waals surface area contributed by atoms with Crippen molar-refractivity contribution in [2.24, 2.45) is 5.92 Å². The Kier molecular flexibility index (Phi) is 4.95. The molecular weight excluding hydrogens is 242 g/mol. The Labute approximate surface area is 114 Å². The van der Waals surface area contributed by atoms with Gasteiger partial charge in [-0.25, -0.2) is 0 Å². The summed E-state index contributed by atoms with van der Waals surface area (Å²) in [6, 6.07) is 4.06. The van der Waals surface area contributed by atoms with Gasteiger partial charge in [0.25, 0.3) is 0 Å². The van der Waals surface area contributed by atoms with Crippen molar-refractivity contribution < 1.29 is 4.79 Å². The van der Waals surface area contributed by atoms with Crippen LogP contribution in [0.4, 0.5) is 0 Å². The van der Waals surface area contributed by atoms with Crippen LogP contribution in [0.5, 0.6) is 0 Å². The molecule has 18 heavy (non-hydrogen) atoms. The average molecular weight is 265 g/mol. The van der Waals surface area contributed by atoms with Gasteiger partial charge < -0.3 is 0 Å². The normalized spacial score (nSPS) is 16.6. The minimum Gasteiger partial charge on any atom is -0.299 e. The molecule has 0 N–H and O–H groups in total. The van der Waals surface area contributed by atoms with Crippen molar-refractivity contribution in [3.05, 3.63) is 21.9 Å². The molecule has 1 aliphatic carbocycles. The number of carbonyl (C=O) groups is 1. The van der Waals surface area contributed by atoms with E-state index in [2.05, 4.69) is 24.9 Å². The summed E-state index contributed by atoms with van der Waals surface area (Å²) >= 11 is 1.65. The SMILES string of the molecule is CCc1ccc(C(=O)CN(C)CC2CCCC2)s1. The third-order valence-corrected chi connectivity index (χ3v) is 5.01. The molecule has 0 atom stereocenters. The number of aryl methyl sites for hydroxylation is 1. The first-order valence-electron chi connectivity index (χ1n) is 6.99. The predicted molar refractivity (Wildman–Crippen MR) is 77.5 cm³/mol. The molecule has 1 aromatic rings. The lowest BCUT2D eigenvalue weighted by Gasteiger charge is -2.19. The number of hydrogen-bond acceptors (Lipinski definition) is 3. The maximum atomic E-state index is 12.1. The van der Waals surface area contributed by atoms with E-state index in [0.717, 1.165) is 23.8 Å². The second-order valence-corrected chi connectivity index (χ2v) is 6.56. The first-order valence-corrected chi connectivity index (χ1v) is 7.81. The number of hydrogen-bond donors (Lipinski definition) is 0. The van der Waals surface area contributed by atoms with Crippen molar-refractivity contribution in [1.29, 1.82) is 0 Å². The van der Waals surface area contributed by atoms with Crippen LogP contribution in [0.25, 0.3) is 0 Å². The van der Waals surface area contributed by atoms with Gasteiger partial charge in [-0.05, 0) is 44.4 Å². The van der Waals surface area contributed by atoms with E-state index in [0.29, 0.717) is 6.54 Å². The van der Waals surface area contributed by atoms with Crippen LogP contribution in [-0.2, 0) is 6.42 Å². The highest BCUT2D eigenvalue weighted by atomic mass is 32.1. The number of Topliss-reactive ketones (excluding diaryl/α,β-unsaturated/α-hetero) is 1. The molecule has 0 radical (unpaired) electrons. The summed E-state index contributed by atoms with van der Waals surface area (Å²) in [5, 5.41) is 0. The average Bonchev–Trinajstić information content (AvgIpc) is 2.98. The molecule has 0 bridgehead atoms. The summed E-state index contributed by atoms with van der Waals surface area (Å²) in [4.78, 5) is 16.5. The molecule has 0 aromatic carbocycles. The summed E-state index contributed by atoms with van der Waals surface area (Å²) < 4.78 is 0. The molecule has 1 heterocycles. The highest BCUT2D eigenvalue weighted by Gasteiger charge is 2.18. The summed E-state index contributed by atoms with van der Waals surface area (Å²) in [5.41, 5.74) is 0. The molecule has 0 aliphatic heterocycles. The smallest absolute Gasteiger partial charge is 0.186 e. The van der Waals surface area contributed by atoms with Crippen LogP contribution in [0.1, 0.15) is 47.2 Å². The quantitative estimate of drug-likeness (QED) is 0.732. The number of ketones is 1. The molecule has 0 saturated heterocycles. The monoisotopic (exact) mass is 265 g/mol. The molecule has 0 spiro atoms. The van der Waals surface area contributed by atoms with Crippen LogP contribution in [-0.4, -0.2) is 30.8 Å². The molecule has 1 fully saturated rings. The molecule has 3 heteroatoms. The number of nitrogens with zero attached hydrogens (tertiary/aromatic N) is 1. The van der Waals surface area contributed by atoms with E-state index >= 15 is 0 Å². The number of thiophene rings is 1. The van der Waals surface area contributed by atoms with Gasteiger partial charge in [0.05, 0.1) is 11.4 Å². The van der Waals surface area contributed by atoms with E-state index in [1.807, 2.05) is 6.07 Å². The molecule has 2 nitrogen and oxygen atoms in total. The zero-order chi connectivity index (χ0) is 13.0. The maximum absolute atomic E-state index is 12.1. The number of likely N-dealkylation sites (N-methyl/N-ethyl adjacent to an activating group) is 1. The molecule has 1 saturated carbocycles. The second-order valence-electron chi connectivity index (χ2n) is 5.39. The third kappa shape index (κ3) is 3.66. The van der Waals surface area contributed by atoms with E-state index in [4.69, 9.17) is 0 Å². The summed E-state index contributed by atoms with van der Waals surface area (Å²) in [5.74, 6) is 1.09. The Bertz CT molecular complexity index is 393. The van der Waals surface area contributed by atoms with E-state index < -0.39 is 0 Å². The molecule has 100 valence electrons. The van der Waals surface area contributed by atoms with Gasteiger partial charge in [-0.3, -0.25) is 9.69 Å². The summed E-state index contributed by atoms with van der Waals surface area (Å²) in [7, 11) is 2.07. The lowest BCUT2D eigenvalue weighted by atomic mass is 10.1. The van der Waals surface area contributed by atoms with Gasteiger partial charge in [-0.1, -0.05) is 19.8 Å². The fourth-order valence-electron chi connectivity index (χ4n) is 2.74.